The van der Waals surface area contributed by atoms with Crippen LogP contribution in [0.3, 0.4) is 0 Å². The molecule has 0 amide bonds. The molecule has 0 spiro atoms. The van der Waals surface area contributed by atoms with E-state index in [0.717, 1.165) is 6.54 Å². The van der Waals surface area contributed by atoms with Gasteiger partial charge in [0.05, 0.1) is 0 Å². The summed E-state index contributed by atoms with van der Waals surface area (Å²) in [5, 5.41) is 3.58. The predicted octanol–water partition coefficient (Wildman–Crippen LogP) is 3.94. The summed E-state index contributed by atoms with van der Waals surface area (Å²) in [5.41, 5.74) is 3.03. The number of fused-ring (bicyclic) bond motifs is 1. The average molecular weight is 274 g/mol. The van der Waals surface area contributed by atoms with Crippen LogP contribution in [0.15, 0.2) is 24.3 Å². The minimum atomic E-state index is 0.455. The van der Waals surface area contributed by atoms with Crippen molar-refractivity contribution in [3.05, 3.63) is 35.4 Å². The van der Waals surface area contributed by atoms with Crippen molar-refractivity contribution in [2.24, 2.45) is 0 Å². The highest BCUT2D eigenvalue weighted by atomic mass is 15.2. The van der Waals surface area contributed by atoms with Crippen LogP contribution >= 0.6 is 0 Å². The molecule has 1 aromatic carbocycles. The number of nitrogens with zero attached hydrogens (tertiary/aromatic N) is 1. The van der Waals surface area contributed by atoms with Gasteiger partial charge in [0.1, 0.15) is 0 Å². The van der Waals surface area contributed by atoms with Gasteiger partial charge in [-0.3, -0.25) is 4.90 Å². The summed E-state index contributed by atoms with van der Waals surface area (Å²) in [6.45, 7) is 10.5. The van der Waals surface area contributed by atoms with Crippen molar-refractivity contribution in [2.45, 2.75) is 64.6 Å². The maximum Gasteiger partial charge on any atom is 0.0478 e. The molecular weight excluding hydrogens is 244 g/mol. The Labute approximate surface area is 124 Å². The minimum absolute atomic E-state index is 0.455. The van der Waals surface area contributed by atoms with Gasteiger partial charge >= 0.3 is 0 Å². The van der Waals surface area contributed by atoms with E-state index in [1.165, 1.54) is 24.0 Å². The maximum absolute atomic E-state index is 3.58. The first kappa shape index (κ1) is 15.5. The number of nitrogens with one attached hydrogen (secondary N) is 1. The molecule has 0 radical (unpaired) electrons. The van der Waals surface area contributed by atoms with Gasteiger partial charge in [0, 0.05) is 18.1 Å². The zero-order chi connectivity index (χ0) is 14.7. The van der Waals surface area contributed by atoms with E-state index >= 15 is 0 Å². The topological polar surface area (TPSA) is 15.3 Å². The molecule has 0 aliphatic heterocycles. The summed E-state index contributed by atoms with van der Waals surface area (Å²) < 4.78 is 0. The largest absolute Gasteiger partial charge is 0.312 e. The zero-order valence-corrected chi connectivity index (χ0v) is 13.7. The van der Waals surface area contributed by atoms with Crippen LogP contribution in [0.25, 0.3) is 0 Å². The lowest BCUT2D eigenvalue weighted by Gasteiger charge is -2.45. The quantitative estimate of drug-likeness (QED) is 0.875. The van der Waals surface area contributed by atoms with Crippen molar-refractivity contribution in [1.29, 1.82) is 0 Å². The molecule has 0 saturated carbocycles. The standard InChI is InChI=1S/C18H30N2/c1-6-14(4)20(7-2)17-12-13(3)15-10-8-9-11-16(15)18(17)19-5/h8-11,13-14,17-19H,6-7,12H2,1-5H3. The van der Waals surface area contributed by atoms with E-state index in [1.54, 1.807) is 0 Å². The van der Waals surface area contributed by atoms with Crippen LogP contribution < -0.4 is 5.32 Å². The Balaban J connectivity index is 2.36. The SMILES string of the molecule is CCC(C)N(CC)C1CC(C)c2ccccc2C1NC. The van der Waals surface area contributed by atoms with E-state index in [1.807, 2.05) is 0 Å². The van der Waals surface area contributed by atoms with E-state index in [4.69, 9.17) is 0 Å². The molecule has 112 valence electrons. The molecule has 1 aromatic rings. The zero-order valence-electron chi connectivity index (χ0n) is 13.7. The molecule has 0 bridgehead atoms. The Morgan fingerprint density at radius 1 is 1.25 bits per heavy atom. The molecule has 0 heterocycles. The molecule has 0 aromatic heterocycles. The summed E-state index contributed by atoms with van der Waals surface area (Å²) >= 11 is 0. The first-order valence-corrected chi connectivity index (χ1v) is 8.15. The fourth-order valence-electron chi connectivity index (χ4n) is 3.86. The van der Waals surface area contributed by atoms with E-state index in [-0.39, 0.29) is 0 Å². The average Bonchev–Trinajstić information content (AvgIpc) is 2.48. The number of benzene rings is 1. The molecule has 1 aliphatic carbocycles. The van der Waals surface area contributed by atoms with Crippen molar-refractivity contribution >= 4 is 0 Å². The van der Waals surface area contributed by atoms with Gasteiger partial charge in [0.25, 0.3) is 0 Å². The van der Waals surface area contributed by atoms with Gasteiger partial charge in [0.2, 0.25) is 0 Å². The molecule has 1 N–H and O–H groups in total. The van der Waals surface area contributed by atoms with Crippen LogP contribution in [-0.2, 0) is 0 Å². The van der Waals surface area contributed by atoms with Crippen LogP contribution in [0.4, 0.5) is 0 Å². The van der Waals surface area contributed by atoms with Crippen LogP contribution in [0, 0.1) is 0 Å². The third kappa shape index (κ3) is 2.77. The van der Waals surface area contributed by atoms with Crippen molar-refractivity contribution in [3.63, 3.8) is 0 Å². The summed E-state index contributed by atoms with van der Waals surface area (Å²) in [5.74, 6) is 0.652. The Morgan fingerprint density at radius 2 is 1.90 bits per heavy atom. The lowest BCUT2D eigenvalue weighted by Crippen LogP contribution is -2.50. The maximum atomic E-state index is 3.58. The number of hydrogen-bond acceptors (Lipinski definition) is 2. The van der Waals surface area contributed by atoms with E-state index in [9.17, 15) is 0 Å². The summed E-state index contributed by atoms with van der Waals surface area (Å²) in [6, 6.07) is 10.7. The lowest BCUT2D eigenvalue weighted by atomic mass is 9.77. The summed E-state index contributed by atoms with van der Waals surface area (Å²) in [6.07, 6.45) is 2.47. The Hall–Kier alpha value is -0.860. The normalized spacial score (nSPS) is 27.4. The van der Waals surface area contributed by atoms with Gasteiger partial charge in [-0.1, -0.05) is 45.0 Å². The molecule has 0 fully saturated rings. The number of hydrogen-bond donors (Lipinski definition) is 1. The van der Waals surface area contributed by atoms with Crippen molar-refractivity contribution in [2.75, 3.05) is 13.6 Å². The Bertz CT molecular complexity index is 429. The van der Waals surface area contributed by atoms with Gasteiger partial charge in [-0.2, -0.15) is 0 Å². The van der Waals surface area contributed by atoms with Crippen LogP contribution in [0.1, 0.15) is 63.6 Å². The summed E-state index contributed by atoms with van der Waals surface area (Å²) in [7, 11) is 2.11. The molecule has 2 heteroatoms. The number of rotatable bonds is 5. The van der Waals surface area contributed by atoms with E-state index in [2.05, 4.69) is 69.2 Å². The van der Waals surface area contributed by atoms with Crippen molar-refractivity contribution < 1.29 is 0 Å². The first-order valence-electron chi connectivity index (χ1n) is 8.15. The highest BCUT2D eigenvalue weighted by Gasteiger charge is 2.36. The van der Waals surface area contributed by atoms with Crippen molar-refractivity contribution in [3.8, 4) is 0 Å². The van der Waals surface area contributed by atoms with Gasteiger partial charge in [-0.15, -0.1) is 0 Å². The molecule has 1 aliphatic rings. The van der Waals surface area contributed by atoms with Gasteiger partial charge in [-0.25, -0.2) is 0 Å². The van der Waals surface area contributed by atoms with Gasteiger partial charge in [0.15, 0.2) is 0 Å². The van der Waals surface area contributed by atoms with Crippen LogP contribution in [0.5, 0.6) is 0 Å². The molecular formula is C18H30N2. The smallest absolute Gasteiger partial charge is 0.0478 e. The fraction of sp³-hybridized carbons (Fsp3) is 0.667. The first-order chi connectivity index (χ1) is 9.63. The lowest BCUT2D eigenvalue weighted by molar-refractivity contribution is 0.0994. The highest BCUT2D eigenvalue weighted by molar-refractivity contribution is 5.36. The second kappa shape index (κ2) is 6.73. The van der Waals surface area contributed by atoms with E-state index < -0.39 is 0 Å². The predicted molar refractivity (Wildman–Crippen MR) is 87.2 cm³/mol. The van der Waals surface area contributed by atoms with Gasteiger partial charge in [-0.05, 0) is 50.4 Å². The van der Waals surface area contributed by atoms with E-state index in [0.29, 0.717) is 24.0 Å². The number of likely N-dealkylation sites (N-methyl/N-ethyl adjacent to an activating group) is 2. The fourth-order valence-corrected chi connectivity index (χ4v) is 3.86. The Kier molecular flexibility index (Phi) is 5.22. The Morgan fingerprint density at radius 3 is 2.45 bits per heavy atom. The highest BCUT2D eigenvalue weighted by Crippen LogP contribution is 2.40. The monoisotopic (exact) mass is 274 g/mol. The second-order valence-corrected chi connectivity index (χ2v) is 6.19. The molecule has 0 saturated heterocycles. The van der Waals surface area contributed by atoms with Crippen molar-refractivity contribution in [1.82, 2.24) is 10.2 Å². The third-order valence-electron chi connectivity index (χ3n) is 5.10. The molecule has 2 nitrogen and oxygen atoms in total. The summed E-state index contributed by atoms with van der Waals surface area (Å²) in [4.78, 5) is 2.69. The second-order valence-electron chi connectivity index (χ2n) is 6.19. The minimum Gasteiger partial charge on any atom is -0.312 e. The molecule has 4 unspecified atom stereocenters. The molecule has 2 rings (SSSR count). The molecule has 20 heavy (non-hydrogen) atoms. The third-order valence-corrected chi connectivity index (χ3v) is 5.10. The molecule has 4 atom stereocenters. The van der Waals surface area contributed by atoms with Gasteiger partial charge < -0.3 is 5.32 Å². The van der Waals surface area contributed by atoms with Crippen LogP contribution in [0.2, 0.25) is 0 Å². The van der Waals surface area contributed by atoms with Crippen LogP contribution in [-0.4, -0.2) is 30.6 Å².